The van der Waals surface area contributed by atoms with Crippen molar-refractivity contribution in [3.05, 3.63) is 23.9 Å². The molecule has 1 saturated carbocycles. The van der Waals surface area contributed by atoms with Crippen molar-refractivity contribution in [1.29, 1.82) is 0 Å². The summed E-state index contributed by atoms with van der Waals surface area (Å²) in [6.45, 7) is 0. The van der Waals surface area contributed by atoms with Gasteiger partial charge in [0.05, 0.1) is 5.52 Å². The van der Waals surface area contributed by atoms with Crippen molar-refractivity contribution in [2.45, 2.75) is 18.8 Å². The van der Waals surface area contributed by atoms with Crippen LogP contribution < -0.4 is 5.73 Å². The zero-order chi connectivity index (χ0) is 8.84. The summed E-state index contributed by atoms with van der Waals surface area (Å²) in [4.78, 5) is 0. The van der Waals surface area contributed by atoms with E-state index in [1.54, 1.807) is 0 Å². The van der Waals surface area contributed by atoms with Crippen LogP contribution in [-0.2, 0) is 0 Å². The van der Waals surface area contributed by atoms with Crippen molar-refractivity contribution < 1.29 is 0 Å². The first kappa shape index (κ1) is 6.95. The maximum Gasteiger partial charge on any atom is 0.0944 e. The van der Waals surface area contributed by atoms with E-state index < -0.39 is 0 Å². The van der Waals surface area contributed by atoms with Crippen LogP contribution in [0, 0.1) is 0 Å². The second-order valence-corrected chi connectivity index (χ2v) is 3.65. The van der Waals surface area contributed by atoms with Gasteiger partial charge in [0.25, 0.3) is 0 Å². The van der Waals surface area contributed by atoms with Crippen LogP contribution in [0.25, 0.3) is 10.9 Å². The third-order valence-corrected chi connectivity index (χ3v) is 2.63. The Kier molecular flexibility index (Phi) is 1.20. The van der Waals surface area contributed by atoms with Gasteiger partial charge in [0.2, 0.25) is 0 Å². The number of aromatic amines is 1. The largest absolute Gasteiger partial charge is 0.398 e. The SMILES string of the molecule is Nc1cccc2n[nH]c(C3CC3)c12. The molecule has 3 nitrogen and oxygen atoms in total. The third-order valence-electron chi connectivity index (χ3n) is 2.63. The highest BCUT2D eigenvalue weighted by atomic mass is 15.1. The van der Waals surface area contributed by atoms with Crippen LogP contribution in [0.15, 0.2) is 18.2 Å². The molecule has 1 aliphatic carbocycles. The van der Waals surface area contributed by atoms with Gasteiger partial charge >= 0.3 is 0 Å². The summed E-state index contributed by atoms with van der Waals surface area (Å²) < 4.78 is 0. The predicted octanol–water partition coefficient (Wildman–Crippen LogP) is 2.02. The van der Waals surface area contributed by atoms with E-state index in [4.69, 9.17) is 5.73 Å². The van der Waals surface area contributed by atoms with Gasteiger partial charge < -0.3 is 5.73 Å². The molecule has 0 bridgehead atoms. The molecule has 0 radical (unpaired) electrons. The third kappa shape index (κ3) is 0.932. The molecule has 66 valence electrons. The highest BCUT2D eigenvalue weighted by Crippen LogP contribution is 2.43. The van der Waals surface area contributed by atoms with Crippen LogP contribution in [-0.4, -0.2) is 10.2 Å². The van der Waals surface area contributed by atoms with Gasteiger partial charge in [0.15, 0.2) is 0 Å². The first-order chi connectivity index (χ1) is 6.36. The average molecular weight is 173 g/mol. The Labute approximate surface area is 75.9 Å². The molecule has 1 heterocycles. The molecule has 0 amide bonds. The molecule has 3 rings (SSSR count). The van der Waals surface area contributed by atoms with Crippen molar-refractivity contribution in [3.8, 4) is 0 Å². The van der Waals surface area contributed by atoms with Crippen molar-refractivity contribution in [3.63, 3.8) is 0 Å². The van der Waals surface area contributed by atoms with Crippen molar-refractivity contribution in [2.24, 2.45) is 0 Å². The van der Waals surface area contributed by atoms with Gasteiger partial charge in [-0.15, -0.1) is 0 Å². The quantitative estimate of drug-likeness (QED) is 0.648. The number of fused-ring (bicyclic) bond motifs is 1. The normalized spacial score (nSPS) is 16.6. The molecule has 0 saturated heterocycles. The van der Waals surface area contributed by atoms with E-state index in [2.05, 4.69) is 10.2 Å². The fourth-order valence-electron chi connectivity index (χ4n) is 1.79. The number of hydrogen-bond acceptors (Lipinski definition) is 2. The lowest BCUT2D eigenvalue weighted by Crippen LogP contribution is -1.87. The van der Waals surface area contributed by atoms with Gasteiger partial charge in [-0.05, 0) is 25.0 Å². The molecule has 3 heteroatoms. The molecule has 1 fully saturated rings. The summed E-state index contributed by atoms with van der Waals surface area (Å²) in [5.74, 6) is 0.676. The number of rotatable bonds is 1. The number of nitrogens with one attached hydrogen (secondary N) is 1. The monoisotopic (exact) mass is 173 g/mol. The Morgan fingerprint density at radius 3 is 3.00 bits per heavy atom. The summed E-state index contributed by atoms with van der Waals surface area (Å²) in [7, 11) is 0. The average Bonchev–Trinajstić information content (AvgIpc) is 2.87. The van der Waals surface area contributed by atoms with Crippen molar-refractivity contribution in [2.75, 3.05) is 5.73 Å². The lowest BCUT2D eigenvalue weighted by Gasteiger charge is -1.97. The molecule has 0 unspecified atom stereocenters. The minimum Gasteiger partial charge on any atom is -0.398 e. The van der Waals surface area contributed by atoms with E-state index in [9.17, 15) is 0 Å². The van der Waals surface area contributed by atoms with Crippen molar-refractivity contribution >= 4 is 16.6 Å². The highest BCUT2D eigenvalue weighted by Gasteiger charge is 2.27. The zero-order valence-electron chi connectivity index (χ0n) is 7.25. The maximum absolute atomic E-state index is 5.91. The van der Waals surface area contributed by atoms with Gasteiger partial charge in [0, 0.05) is 22.7 Å². The molecule has 1 aromatic carbocycles. The van der Waals surface area contributed by atoms with Crippen LogP contribution in [0.2, 0.25) is 0 Å². The van der Waals surface area contributed by atoms with E-state index in [-0.39, 0.29) is 0 Å². The number of anilines is 1. The highest BCUT2D eigenvalue weighted by molar-refractivity contribution is 5.93. The lowest BCUT2D eigenvalue weighted by atomic mass is 10.1. The molecule has 0 aliphatic heterocycles. The standard InChI is InChI=1S/C10H11N3/c11-7-2-1-3-8-9(7)10(13-12-8)6-4-5-6/h1-3,6H,4-5,11H2,(H,12,13). The predicted molar refractivity (Wildman–Crippen MR) is 52.5 cm³/mol. The minimum atomic E-state index is 0.676. The summed E-state index contributed by atoms with van der Waals surface area (Å²) in [6, 6.07) is 5.87. The molecule has 0 atom stereocenters. The molecule has 0 spiro atoms. The van der Waals surface area contributed by atoms with Gasteiger partial charge in [-0.25, -0.2) is 0 Å². The topological polar surface area (TPSA) is 54.7 Å². The Hall–Kier alpha value is -1.51. The van der Waals surface area contributed by atoms with E-state index >= 15 is 0 Å². The number of nitrogen functional groups attached to an aromatic ring is 1. The first-order valence-corrected chi connectivity index (χ1v) is 4.59. The summed E-state index contributed by atoms with van der Waals surface area (Å²) in [6.07, 6.45) is 2.54. The van der Waals surface area contributed by atoms with Gasteiger partial charge in [-0.2, -0.15) is 5.10 Å². The van der Waals surface area contributed by atoms with E-state index in [1.807, 2.05) is 18.2 Å². The maximum atomic E-state index is 5.91. The summed E-state index contributed by atoms with van der Waals surface area (Å²) in [5.41, 5.74) is 8.97. The molecular weight excluding hydrogens is 162 g/mol. The van der Waals surface area contributed by atoms with Crippen LogP contribution in [0.5, 0.6) is 0 Å². The molecular formula is C10H11N3. The Bertz CT molecular complexity index is 454. The van der Waals surface area contributed by atoms with E-state index in [0.29, 0.717) is 5.92 Å². The second kappa shape index (κ2) is 2.25. The second-order valence-electron chi connectivity index (χ2n) is 3.65. The zero-order valence-corrected chi connectivity index (χ0v) is 7.25. The van der Waals surface area contributed by atoms with Gasteiger partial charge in [0.1, 0.15) is 0 Å². The molecule has 1 aliphatic rings. The summed E-state index contributed by atoms with van der Waals surface area (Å²) in [5, 5.41) is 8.45. The van der Waals surface area contributed by atoms with Crippen LogP contribution >= 0.6 is 0 Å². The van der Waals surface area contributed by atoms with Crippen molar-refractivity contribution in [1.82, 2.24) is 10.2 Å². The van der Waals surface area contributed by atoms with Crippen LogP contribution in [0.1, 0.15) is 24.5 Å². The number of H-pyrrole nitrogens is 1. The molecule has 13 heavy (non-hydrogen) atoms. The number of nitrogens with two attached hydrogens (primary N) is 1. The molecule has 2 aromatic rings. The first-order valence-electron chi connectivity index (χ1n) is 4.59. The number of hydrogen-bond donors (Lipinski definition) is 2. The number of aromatic nitrogens is 2. The van der Waals surface area contributed by atoms with E-state index in [0.717, 1.165) is 16.6 Å². The fraction of sp³-hybridized carbons (Fsp3) is 0.300. The Morgan fingerprint density at radius 1 is 1.38 bits per heavy atom. The molecule has 3 N–H and O–H groups in total. The van der Waals surface area contributed by atoms with Crippen LogP contribution in [0.4, 0.5) is 5.69 Å². The summed E-state index contributed by atoms with van der Waals surface area (Å²) >= 11 is 0. The Balaban J connectivity index is 2.34. The molecule has 1 aromatic heterocycles. The number of benzene rings is 1. The fourth-order valence-corrected chi connectivity index (χ4v) is 1.79. The smallest absolute Gasteiger partial charge is 0.0944 e. The lowest BCUT2D eigenvalue weighted by molar-refractivity contribution is 0.979. The Morgan fingerprint density at radius 2 is 2.23 bits per heavy atom. The van der Waals surface area contributed by atoms with Gasteiger partial charge in [-0.1, -0.05) is 6.07 Å². The number of nitrogens with zero attached hydrogens (tertiary/aromatic N) is 1. The van der Waals surface area contributed by atoms with Crippen LogP contribution in [0.3, 0.4) is 0 Å². The van der Waals surface area contributed by atoms with E-state index in [1.165, 1.54) is 18.5 Å². The minimum absolute atomic E-state index is 0.676. The van der Waals surface area contributed by atoms with Gasteiger partial charge in [-0.3, -0.25) is 5.10 Å².